The smallest absolute Gasteiger partial charge is 0.305 e. The Morgan fingerprint density at radius 3 is 1.90 bits per heavy atom. The topological polar surface area (TPSA) is 72.8 Å². The van der Waals surface area contributed by atoms with Gasteiger partial charge in [0.15, 0.2) is 0 Å². The van der Waals surface area contributed by atoms with E-state index in [0.29, 0.717) is 31.8 Å². The maximum absolute atomic E-state index is 11.3. The van der Waals surface area contributed by atoms with E-state index >= 15 is 0 Å². The molecule has 0 aliphatic heterocycles. The molecule has 6 heteroatoms. The molecule has 5 nitrogen and oxygen atoms in total. The average Bonchev–Trinajstić information content (AvgIpc) is 2.45. The van der Waals surface area contributed by atoms with Gasteiger partial charge in [0.1, 0.15) is 6.61 Å². The second-order valence-corrected chi connectivity index (χ2v) is 4.96. The molecular weight excluding hydrogens is 280 g/mol. The second-order valence-electron chi connectivity index (χ2n) is 4.51. The number of aliphatic hydroxyl groups excluding tert-OH is 1. The molecule has 0 aliphatic rings. The standard InChI is InChI=1S/C14H26O5S/c15-9-5-1-3-7-13(16)18-10-6-2-4-8-14(17)19-11-12-20/h15,20H,1-12H2. The third kappa shape index (κ3) is 13.7. The van der Waals surface area contributed by atoms with Gasteiger partial charge in [0.2, 0.25) is 0 Å². The maximum atomic E-state index is 11.3. The molecule has 20 heavy (non-hydrogen) atoms. The summed E-state index contributed by atoms with van der Waals surface area (Å²) < 4.78 is 9.95. The van der Waals surface area contributed by atoms with Gasteiger partial charge in [-0.2, -0.15) is 12.6 Å². The van der Waals surface area contributed by atoms with Gasteiger partial charge in [-0.1, -0.05) is 6.42 Å². The molecule has 0 aromatic heterocycles. The molecule has 0 radical (unpaired) electrons. The molecule has 0 amide bonds. The van der Waals surface area contributed by atoms with Gasteiger partial charge in [-0.3, -0.25) is 9.59 Å². The summed E-state index contributed by atoms with van der Waals surface area (Å²) in [4.78, 5) is 22.5. The third-order valence-corrected chi connectivity index (χ3v) is 2.86. The Morgan fingerprint density at radius 2 is 1.35 bits per heavy atom. The Balaban J connectivity index is 3.26. The van der Waals surface area contributed by atoms with Gasteiger partial charge in [0.05, 0.1) is 6.61 Å². The van der Waals surface area contributed by atoms with Crippen molar-refractivity contribution in [3.8, 4) is 0 Å². The minimum atomic E-state index is -0.195. The van der Waals surface area contributed by atoms with Crippen LogP contribution in [0.3, 0.4) is 0 Å². The first-order valence-corrected chi connectivity index (χ1v) is 7.87. The van der Waals surface area contributed by atoms with E-state index in [2.05, 4.69) is 12.6 Å². The fourth-order valence-electron chi connectivity index (χ4n) is 1.60. The van der Waals surface area contributed by atoms with Crippen molar-refractivity contribution in [2.45, 2.75) is 51.4 Å². The number of rotatable bonds is 13. The first kappa shape index (κ1) is 19.2. The normalized spacial score (nSPS) is 10.3. The molecule has 0 saturated carbocycles. The Bertz CT molecular complexity index is 258. The highest BCUT2D eigenvalue weighted by Gasteiger charge is 2.04. The highest BCUT2D eigenvalue weighted by atomic mass is 32.1. The lowest BCUT2D eigenvalue weighted by Crippen LogP contribution is -2.07. The lowest BCUT2D eigenvalue weighted by molar-refractivity contribution is -0.145. The first-order chi connectivity index (χ1) is 9.70. The van der Waals surface area contributed by atoms with Gasteiger partial charge < -0.3 is 14.6 Å². The third-order valence-electron chi connectivity index (χ3n) is 2.68. The second kappa shape index (κ2) is 14.7. The Labute approximate surface area is 126 Å². The molecule has 0 aromatic rings. The Hall–Kier alpha value is -0.750. The number of carbonyl (C=O) groups is 2. The van der Waals surface area contributed by atoms with Crippen LogP contribution in [0.5, 0.6) is 0 Å². The van der Waals surface area contributed by atoms with Crippen LogP contribution < -0.4 is 0 Å². The zero-order valence-electron chi connectivity index (χ0n) is 12.0. The Kier molecular flexibility index (Phi) is 14.1. The van der Waals surface area contributed by atoms with E-state index < -0.39 is 0 Å². The average molecular weight is 306 g/mol. The molecule has 0 saturated heterocycles. The largest absolute Gasteiger partial charge is 0.466 e. The highest BCUT2D eigenvalue weighted by Crippen LogP contribution is 2.04. The number of ether oxygens (including phenoxy) is 2. The summed E-state index contributed by atoms with van der Waals surface area (Å²) in [6.07, 6.45) is 5.52. The number of esters is 2. The molecule has 0 atom stereocenters. The number of aliphatic hydroxyl groups is 1. The zero-order chi connectivity index (χ0) is 15.1. The SMILES string of the molecule is O=C(CCCCCOC(=O)CCCCCO)OCCS. The van der Waals surface area contributed by atoms with Gasteiger partial charge in [0.25, 0.3) is 0 Å². The van der Waals surface area contributed by atoms with Gasteiger partial charge in [-0.15, -0.1) is 0 Å². The van der Waals surface area contributed by atoms with Crippen LogP contribution in [0.25, 0.3) is 0 Å². The number of hydrogen-bond acceptors (Lipinski definition) is 6. The summed E-state index contributed by atoms with van der Waals surface area (Å²) in [7, 11) is 0. The van der Waals surface area contributed by atoms with Crippen molar-refractivity contribution < 1.29 is 24.2 Å². The molecule has 0 rings (SSSR count). The van der Waals surface area contributed by atoms with E-state index in [0.717, 1.165) is 38.5 Å². The van der Waals surface area contributed by atoms with Crippen molar-refractivity contribution in [3.05, 3.63) is 0 Å². The maximum Gasteiger partial charge on any atom is 0.305 e. The molecule has 0 aliphatic carbocycles. The van der Waals surface area contributed by atoms with Gasteiger partial charge in [-0.25, -0.2) is 0 Å². The fourth-order valence-corrected chi connectivity index (χ4v) is 1.69. The van der Waals surface area contributed by atoms with Crippen molar-refractivity contribution in [1.82, 2.24) is 0 Å². The van der Waals surface area contributed by atoms with E-state index in [-0.39, 0.29) is 18.5 Å². The van der Waals surface area contributed by atoms with Crippen molar-refractivity contribution >= 4 is 24.6 Å². The van der Waals surface area contributed by atoms with E-state index in [9.17, 15) is 9.59 Å². The monoisotopic (exact) mass is 306 g/mol. The van der Waals surface area contributed by atoms with Gasteiger partial charge in [0, 0.05) is 25.2 Å². The summed E-state index contributed by atoms with van der Waals surface area (Å²) in [5.41, 5.74) is 0. The molecule has 118 valence electrons. The van der Waals surface area contributed by atoms with E-state index in [1.54, 1.807) is 0 Å². The van der Waals surface area contributed by atoms with E-state index in [4.69, 9.17) is 14.6 Å². The number of carbonyl (C=O) groups excluding carboxylic acids is 2. The van der Waals surface area contributed by atoms with Crippen molar-refractivity contribution in [2.75, 3.05) is 25.6 Å². The number of unbranched alkanes of at least 4 members (excludes halogenated alkanes) is 4. The minimum Gasteiger partial charge on any atom is -0.466 e. The van der Waals surface area contributed by atoms with Crippen molar-refractivity contribution in [1.29, 1.82) is 0 Å². The van der Waals surface area contributed by atoms with Crippen LogP contribution >= 0.6 is 12.6 Å². The summed E-state index contributed by atoms with van der Waals surface area (Å²) in [5.74, 6) is 0.163. The van der Waals surface area contributed by atoms with Crippen LogP contribution in [0.4, 0.5) is 0 Å². The molecule has 0 bridgehead atoms. The molecule has 0 unspecified atom stereocenters. The molecule has 1 N–H and O–H groups in total. The fraction of sp³-hybridized carbons (Fsp3) is 0.857. The van der Waals surface area contributed by atoms with Crippen LogP contribution in [0, 0.1) is 0 Å². The summed E-state index contributed by atoms with van der Waals surface area (Å²) in [5, 5.41) is 8.59. The number of thiol groups is 1. The predicted molar refractivity (Wildman–Crippen MR) is 79.8 cm³/mol. The minimum absolute atomic E-state index is 0.172. The van der Waals surface area contributed by atoms with Crippen LogP contribution in [-0.4, -0.2) is 42.6 Å². The highest BCUT2D eigenvalue weighted by molar-refractivity contribution is 7.80. The molecule has 0 aromatic carbocycles. The predicted octanol–water partition coefficient (Wildman–Crippen LogP) is 2.12. The van der Waals surface area contributed by atoms with Crippen LogP contribution in [0.2, 0.25) is 0 Å². The van der Waals surface area contributed by atoms with Crippen LogP contribution in [0.1, 0.15) is 51.4 Å². The van der Waals surface area contributed by atoms with Gasteiger partial charge in [-0.05, 0) is 32.1 Å². The lowest BCUT2D eigenvalue weighted by Gasteiger charge is -2.05. The lowest BCUT2D eigenvalue weighted by atomic mass is 10.2. The Morgan fingerprint density at radius 1 is 0.800 bits per heavy atom. The summed E-state index contributed by atoms with van der Waals surface area (Å²) in [6.45, 7) is 0.936. The number of hydrogen-bond donors (Lipinski definition) is 2. The van der Waals surface area contributed by atoms with Crippen LogP contribution in [-0.2, 0) is 19.1 Å². The molecule has 0 fully saturated rings. The molecular formula is C14H26O5S. The molecule has 0 spiro atoms. The first-order valence-electron chi connectivity index (χ1n) is 7.23. The summed E-state index contributed by atoms with van der Waals surface area (Å²) >= 11 is 3.95. The van der Waals surface area contributed by atoms with Crippen molar-refractivity contribution in [2.24, 2.45) is 0 Å². The van der Waals surface area contributed by atoms with E-state index in [1.807, 2.05) is 0 Å². The van der Waals surface area contributed by atoms with E-state index in [1.165, 1.54) is 0 Å². The summed E-state index contributed by atoms with van der Waals surface area (Å²) in [6, 6.07) is 0. The van der Waals surface area contributed by atoms with Crippen LogP contribution in [0.15, 0.2) is 0 Å². The van der Waals surface area contributed by atoms with Crippen molar-refractivity contribution in [3.63, 3.8) is 0 Å². The molecule has 0 heterocycles. The zero-order valence-corrected chi connectivity index (χ0v) is 12.9. The van der Waals surface area contributed by atoms with Gasteiger partial charge >= 0.3 is 11.9 Å². The quantitative estimate of drug-likeness (QED) is 0.310.